The van der Waals surface area contributed by atoms with Crippen molar-refractivity contribution in [1.29, 1.82) is 0 Å². The third-order valence-corrected chi connectivity index (χ3v) is 5.61. The zero-order valence-electron chi connectivity index (χ0n) is 16.5. The summed E-state index contributed by atoms with van der Waals surface area (Å²) < 4.78 is 5.19. The monoisotopic (exact) mass is 378 g/mol. The minimum absolute atomic E-state index is 0.214. The molecule has 1 aliphatic rings. The highest BCUT2D eigenvalue weighted by Gasteiger charge is 2.22. The molecule has 0 unspecified atom stereocenters. The molecule has 0 radical (unpaired) electrons. The molecule has 0 atom stereocenters. The average molecular weight is 378 g/mol. The Bertz CT molecular complexity index is 949. The largest absolute Gasteiger partial charge is 0.361 e. The van der Waals surface area contributed by atoms with E-state index in [0.29, 0.717) is 12.8 Å². The maximum atomic E-state index is 12.6. The normalized spacial score (nSPS) is 15.3. The van der Waals surface area contributed by atoms with Crippen LogP contribution in [0.4, 0.5) is 0 Å². The summed E-state index contributed by atoms with van der Waals surface area (Å²) in [6.45, 7) is 8.03. The average Bonchev–Trinajstić information content (AvgIpc) is 3.04. The van der Waals surface area contributed by atoms with E-state index in [0.717, 1.165) is 55.3 Å². The molecule has 1 aromatic carbocycles. The number of hydrogen-bond acceptors (Lipinski definition) is 5. The van der Waals surface area contributed by atoms with Crippen LogP contribution in [-0.2, 0) is 17.8 Å². The van der Waals surface area contributed by atoms with E-state index in [1.807, 2.05) is 31.0 Å². The van der Waals surface area contributed by atoms with E-state index in [9.17, 15) is 4.79 Å². The summed E-state index contributed by atoms with van der Waals surface area (Å²) >= 11 is 0. The van der Waals surface area contributed by atoms with Gasteiger partial charge in [0.1, 0.15) is 5.76 Å². The third-order valence-electron chi connectivity index (χ3n) is 5.61. The molecule has 0 N–H and O–H groups in total. The number of pyridine rings is 1. The minimum atomic E-state index is 0.214. The molecule has 3 heterocycles. The van der Waals surface area contributed by atoms with Gasteiger partial charge >= 0.3 is 0 Å². The Labute approximate surface area is 165 Å². The number of aryl methyl sites for hydroxylation is 2. The van der Waals surface area contributed by atoms with E-state index in [4.69, 9.17) is 4.52 Å². The lowest BCUT2D eigenvalue weighted by molar-refractivity contribution is -0.133. The first-order chi connectivity index (χ1) is 13.6. The van der Waals surface area contributed by atoms with Gasteiger partial charge in [0.2, 0.25) is 5.91 Å². The van der Waals surface area contributed by atoms with Crippen molar-refractivity contribution in [2.45, 2.75) is 33.2 Å². The second-order valence-corrected chi connectivity index (χ2v) is 7.45. The Morgan fingerprint density at radius 3 is 2.64 bits per heavy atom. The standard InChI is InChI=1S/C22H26N4O2/c1-16-20(17(2)28-24-16)8-9-21(27)26-13-11-25(12-14-26)15-19-6-3-5-18-7-4-10-23-22(18)19/h3-7,10H,8-9,11-15H2,1-2H3. The minimum Gasteiger partial charge on any atom is -0.361 e. The molecule has 28 heavy (non-hydrogen) atoms. The van der Waals surface area contributed by atoms with Crippen molar-refractivity contribution in [3.63, 3.8) is 0 Å². The Kier molecular flexibility index (Phi) is 5.39. The molecule has 1 fully saturated rings. The molecule has 0 bridgehead atoms. The van der Waals surface area contributed by atoms with Crippen LogP contribution in [0.1, 0.15) is 29.0 Å². The molecule has 2 aromatic heterocycles. The van der Waals surface area contributed by atoms with Crippen LogP contribution >= 0.6 is 0 Å². The van der Waals surface area contributed by atoms with Crippen molar-refractivity contribution >= 4 is 16.8 Å². The fourth-order valence-corrected chi connectivity index (χ4v) is 3.94. The number of nitrogens with zero attached hydrogens (tertiary/aromatic N) is 4. The zero-order chi connectivity index (χ0) is 19.5. The van der Waals surface area contributed by atoms with Crippen molar-refractivity contribution in [3.05, 3.63) is 59.1 Å². The lowest BCUT2D eigenvalue weighted by Crippen LogP contribution is -2.48. The van der Waals surface area contributed by atoms with Crippen molar-refractivity contribution in [2.24, 2.45) is 0 Å². The summed E-state index contributed by atoms with van der Waals surface area (Å²) in [4.78, 5) is 21.5. The number of rotatable bonds is 5. The molecule has 1 amide bonds. The van der Waals surface area contributed by atoms with Crippen LogP contribution in [0.5, 0.6) is 0 Å². The van der Waals surface area contributed by atoms with E-state index in [1.165, 1.54) is 10.9 Å². The van der Waals surface area contributed by atoms with Crippen LogP contribution in [0.25, 0.3) is 10.9 Å². The molecular weight excluding hydrogens is 352 g/mol. The topological polar surface area (TPSA) is 62.5 Å². The highest BCUT2D eigenvalue weighted by Crippen LogP contribution is 2.19. The van der Waals surface area contributed by atoms with Gasteiger partial charge < -0.3 is 9.42 Å². The summed E-state index contributed by atoms with van der Waals surface area (Å²) in [6, 6.07) is 10.4. The molecule has 146 valence electrons. The fourth-order valence-electron chi connectivity index (χ4n) is 3.94. The summed E-state index contributed by atoms with van der Waals surface area (Å²) in [7, 11) is 0. The molecule has 0 aliphatic carbocycles. The quantitative estimate of drug-likeness (QED) is 0.683. The molecule has 4 rings (SSSR count). The number of fused-ring (bicyclic) bond motifs is 1. The lowest BCUT2D eigenvalue weighted by Gasteiger charge is -2.35. The number of hydrogen-bond donors (Lipinski definition) is 0. The summed E-state index contributed by atoms with van der Waals surface area (Å²) in [6.07, 6.45) is 3.05. The van der Waals surface area contributed by atoms with Crippen LogP contribution in [-0.4, -0.2) is 52.0 Å². The van der Waals surface area contributed by atoms with Gasteiger partial charge in [-0.1, -0.05) is 29.4 Å². The Morgan fingerprint density at radius 2 is 1.89 bits per heavy atom. The summed E-state index contributed by atoms with van der Waals surface area (Å²) in [5.41, 5.74) is 4.27. The van der Waals surface area contributed by atoms with E-state index < -0.39 is 0 Å². The highest BCUT2D eigenvalue weighted by molar-refractivity contribution is 5.81. The van der Waals surface area contributed by atoms with Crippen LogP contribution < -0.4 is 0 Å². The van der Waals surface area contributed by atoms with Gasteiger partial charge in [0, 0.05) is 56.3 Å². The zero-order valence-corrected chi connectivity index (χ0v) is 16.5. The van der Waals surface area contributed by atoms with Gasteiger partial charge in [0.15, 0.2) is 0 Å². The van der Waals surface area contributed by atoms with Gasteiger partial charge in [-0.25, -0.2) is 0 Å². The predicted molar refractivity (Wildman–Crippen MR) is 108 cm³/mol. The number of amides is 1. The van der Waals surface area contributed by atoms with Crippen molar-refractivity contribution in [3.8, 4) is 0 Å². The highest BCUT2D eigenvalue weighted by atomic mass is 16.5. The maximum Gasteiger partial charge on any atom is 0.222 e. The summed E-state index contributed by atoms with van der Waals surface area (Å²) in [5.74, 6) is 1.03. The predicted octanol–water partition coefficient (Wildman–Crippen LogP) is 3.12. The second-order valence-electron chi connectivity index (χ2n) is 7.45. The fraction of sp³-hybridized carbons (Fsp3) is 0.409. The number of para-hydroxylation sites is 1. The van der Waals surface area contributed by atoms with Gasteiger partial charge in [-0.15, -0.1) is 0 Å². The SMILES string of the molecule is Cc1noc(C)c1CCC(=O)N1CCN(Cc2cccc3cccnc23)CC1. The van der Waals surface area contributed by atoms with Crippen molar-refractivity contribution in [2.75, 3.05) is 26.2 Å². The molecule has 3 aromatic rings. The molecule has 1 saturated heterocycles. The van der Waals surface area contributed by atoms with Crippen molar-refractivity contribution < 1.29 is 9.32 Å². The van der Waals surface area contributed by atoms with Gasteiger partial charge in [0.25, 0.3) is 0 Å². The van der Waals surface area contributed by atoms with E-state index >= 15 is 0 Å². The molecule has 1 aliphatic heterocycles. The molecule has 0 spiro atoms. The van der Waals surface area contributed by atoms with Crippen LogP contribution in [0.3, 0.4) is 0 Å². The van der Waals surface area contributed by atoms with Crippen LogP contribution in [0.2, 0.25) is 0 Å². The molecule has 0 saturated carbocycles. The van der Waals surface area contributed by atoms with E-state index in [2.05, 4.69) is 39.3 Å². The molecule has 6 heteroatoms. The number of benzene rings is 1. The van der Waals surface area contributed by atoms with Gasteiger partial charge in [0.05, 0.1) is 11.2 Å². The number of aromatic nitrogens is 2. The first-order valence-electron chi connectivity index (χ1n) is 9.86. The van der Waals surface area contributed by atoms with E-state index in [1.54, 1.807) is 0 Å². The second kappa shape index (κ2) is 8.10. The molecular formula is C22H26N4O2. The Hall–Kier alpha value is -2.73. The van der Waals surface area contributed by atoms with E-state index in [-0.39, 0.29) is 5.91 Å². The number of carbonyl (C=O) groups excluding carboxylic acids is 1. The smallest absolute Gasteiger partial charge is 0.222 e. The van der Waals surface area contributed by atoms with Gasteiger partial charge in [-0.3, -0.25) is 14.7 Å². The molecule has 6 nitrogen and oxygen atoms in total. The van der Waals surface area contributed by atoms with Crippen molar-refractivity contribution in [1.82, 2.24) is 19.9 Å². The number of piperazine rings is 1. The summed E-state index contributed by atoms with van der Waals surface area (Å²) in [5, 5.41) is 5.14. The van der Waals surface area contributed by atoms with Gasteiger partial charge in [-0.2, -0.15) is 0 Å². The van der Waals surface area contributed by atoms with Crippen LogP contribution in [0, 0.1) is 13.8 Å². The Balaban J connectivity index is 1.31. The third kappa shape index (κ3) is 3.92. The first kappa shape index (κ1) is 18.6. The Morgan fingerprint density at radius 1 is 1.11 bits per heavy atom. The maximum absolute atomic E-state index is 12.6. The van der Waals surface area contributed by atoms with Gasteiger partial charge in [-0.05, 0) is 31.9 Å². The lowest BCUT2D eigenvalue weighted by atomic mass is 10.1. The van der Waals surface area contributed by atoms with Crippen LogP contribution in [0.15, 0.2) is 41.1 Å². The number of carbonyl (C=O) groups is 1. The first-order valence-corrected chi connectivity index (χ1v) is 9.86.